The highest BCUT2D eigenvalue weighted by molar-refractivity contribution is 6.02. The lowest BCUT2D eigenvalue weighted by Crippen LogP contribution is -2.36. The standard InChI is InChI=1S/C20H23N3O3/c1-2-26-18-6-4-3-5-16(18)7-10-20(24)22-17-8-9-19(21-15-17)23-11-13-25-14-12-23/h3-10,15H,2,11-14H2,1H3,(H,22,24)/b10-7+. The van der Waals surface area contributed by atoms with Crippen molar-refractivity contribution in [3.05, 3.63) is 54.2 Å². The van der Waals surface area contributed by atoms with E-state index in [4.69, 9.17) is 9.47 Å². The van der Waals surface area contributed by atoms with Crippen molar-refractivity contribution in [3.63, 3.8) is 0 Å². The molecule has 26 heavy (non-hydrogen) atoms. The van der Waals surface area contributed by atoms with E-state index in [9.17, 15) is 4.79 Å². The molecule has 1 fully saturated rings. The van der Waals surface area contributed by atoms with Crippen LogP contribution in [-0.4, -0.2) is 43.8 Å². The van der Waals surface area contributed by atoms with Crippen LogP contribution in [-0.2, 0) is 9.53 Å². The molecule has 1 aliphatic heterocycles. The predicted molar refractivity (Wildman–Crippen MR) is 103 cm³/mol. The van der Waals surface area contributed by atoms with Crippen molar-refractivity contribution in [1.82, 2.24) is 4.98 Å². The van der Waals surface area contributed by atoms with E-state index in [-0.39, 0.29) is 5.91 Å². The summed E-state index contributed by atoms with van der Waals surface area (Å²) >= 11 is 0. The van der Waals surface area contributed by atoms with Gasteiger partial charge in [0.1, 0.15) is 11.6 Å². The van der Waals surface area contributed by atoms with E-state index < -0.39 is 0 Å². The summed E-state index contributed by atoms with van der Waals surface area (Å²) < 4.78 is 10.9. The van der Waals surface area contributed by atoms with E-state index in [1.807, 2.05) is 43.3 Å². The van der Waals surface area contributed by atoms with Gasteiger partial charge in [0, 0.05) is 24.7 Å². The van der Waals surface area contributed by atoms with Gasteiger partial charge in [-0.3, -0.25) is 4.79 Å². The summed E-state index contributed by atoms with van der Waals surface area (Å²) in [4.78, 5) is 18.7. The number of hydrogen-bond donors (Lipinski definition) is 1. The SMILES string of the molecule is CCOc1ccccc1/C=C/C(=O)Nc1ccc(N2CCOCC2)nc1. The van der Waals surface area contributed by atoms with Crippen LogP contribution in [0.25, 0.3) is 6.08 Å². The molecule has 1 aromatic heterocycles. The zero-order chi connectivity index (χ0) is 18.2. The van der Waals surface area contributed by atoms with Gasteiger partial charge in [-0.05, 0) is 31.2 Å². The van der Waals surface area contributed by atoms with Gasteiger partial charge in [0.25, 0.3) is 0 Å². The lowest BCUT2D eigenvalue weighted by molar-refractivity contribution is -0.111. The topological polar surface area (TPSA) is 63.7 Å². The number of carbonyl (C=O) groups excluding carboxylic acids is 1. The first kappa shape index (κ1) is 17.9. The molecule has 0 unspecified atom stereocenters. The Bertz CT molecular complexity index is 753. The first-order chi connectivity index (χ1) is 12.8. The van der Waals surface area contributed by atoms with Crippen LogP contribution >= 0.6 is 0 Å². The molecule has 6 nitrogen and oxygen atoms in total. The molecular weight excluding hydrogens is 330 g/mol. The second kappa shape index (κ2) is 9.01. The fraction of sp³-hybridized carbons (Fsp3) is 0.300. The highest BCUT2D eigenvalue weighted by Crippen LogP contribution is 2.19. The first-order valence-electron chi connectivity index (χ1n) is 8.76. The molecule has 0 aliphatic carbocycles. The molecule has 2 heterocycles. The van der Waals surface area contributed by atoms with Gasteiger partial charge in [-0.25, -0.2) is 4.98 Å². The fourth-order valence-electron chi connectivity index (χ4n) is 2.69. The molecule has 136 valence electrons. The number of pyridine rings is 1. The second-order valence-electron chi connectivity index (χ2n) is 5.80. The number of benzene rings is 1. The zero-order valence-corrected chi connectivity index (χ0v) is 14.9. The van der Waals surface area contributed by atoms with Gasteiger partial charge in [0.15, 0.2) is 0 Å². The molecule has 2 aromatic rings. The number of nitrogens with zero attached hydrogens (tertiary/aromatic N) is 2. The molecule has 0 saturated carbocycles. The van der Waals surface area contributed by atoms with E-state index >= 15 is 0 Å². The average molecular weight is 353 g/mol. The van der Waals surface area contributed by atoms with Gasteiger partial charge in [0.2, 0.25) is 5.91 Å². The minimum atomic E-state index is -0.211. The Labute approximate surface area is 153 Å². The molecule has 0 atom stereocenters. The van der Waals surface area contributed by atoms with Crippen molar-refractivity contribution in [1.29, 1.82) is 0 Å². The number of hydrogen-bond acceptors (Lipinski definition) is 5. The quantitative estimate of drug-likeness (QED) is 0.809. The Hall–Kier alpha value is -2.86. The van der Waals surface area contributed by atoms with E-state index in [1.54, 1.807) is 12.3 Å². The largest absolute Gasteiger partial charge is 0.493 e. The van der Waals surface area contributed by atoms with Gasteiger partial charge in [-0.15, -0.1) is 0 Å². The summed E-state index contributed by atoms with van der Waals surface area (Å²) in [7, 11) is 0. The Morgan fingerprint density at radius 2 is 2.08 bits per heavy atom. The Kier molecular flexibility index (Phi) is 6.22. The molecule has 3 rings (SSSR count). The van der Waals surface area contributed by atoms with Crippen molar-refractivity contribution in [2.45, 2.75) is 6.92 Å². The van der Waals surface area contributed by atoms with Crippen molar-refractivity contribution in [2.75, 3.05) is 43.1 Å². The lowest BCUT2D eigenvalue weighted by atomic mass is 10.2. The third kappa shape index (κ3) is 4.83. The third-order valence-electron chi connectivity index (χ3n) is 3.98. The van der Waals surface area contributed by atoms with E-state index in [1.165, 1.54) is 6.08 Å². The van der Waals surface area contributed by atoms with E-state index in [2.05, 4.69) is 15.2 Å². The maximum Gasteiger partial charge on any atom is 0.248 e. The Morgan fingerprint density at radius 3 is 2.81 bits per heavy atom. The van der Waals surface area contributed by atoms with E-state index in [0.717, 1.165) is 30.2 Å². The maximum atomic E-state index is 12.1. The van der Waals surface area contributed by atoms with Gasteiger partial charge in [0.05, 0.1) is 31.7 Å². The molecule has 1 saturated heterocycles. The van der Waals surface area contributed by atoms with Crippen molar-refractivity contribution in [3.8, 4) is 5.75 Å². The summed E-state index contributed by atoms with van der Waals surface area (Å²) in [6, 6.07) is 11.4. The molecule has 1 N–H and O–H groups in total. The maximum absolute atomic E-state index is 12.1. The summed E-state index contributed by atoms with van der Waals surface area (Å²) in [5.41, 5.74) is 1.53. The monoisotopic (exact) mass is 353 g/mol. The van der Waals surface area contributed by atoms with Crippen molar-refractivity contribution < 1.29 is 14.3 Å². The molecule has 0 spiro atoms. The smallest absolute Gasteiger partial charge is 0.248 e. The number of aromatic nitrogens is 1. The molecule has 1 amide bonds. The zero-order valence-electron chi connectivity index (χ0n) is 14.9. The minimum absolute atomic E-state index is 0.211. The minimum Gasteiger partial charge on any atom is -0.493 e. The number of ether oxygens (including phenoxy) is 2. The summed E-state index contributed by atoms with van der Waals surface area (Å²) in [5, 5.41) is 2.82. The fourth-order valence-corrected chi connectivity index (χ4v) is 2.69. The van der Waals surface area contributed by atoms with Gasteiger partial charge in [-0.2, -0.15) is 0 Å². The van der Waals surface area contributed by atoms with Crippen LogP contribution in [0.2, 0.25) is 0 Å². The van der Waals surface area contributed by atoms with Gasteiger partial charge >= 0.3 is 0 Å². The number of anilines is 2. The van der Waals surface area contributed by atoms with Crippen molar-refractivity contribution >= 4 is 23.5 Å². The second-order valence-corrected chi connectivity index (χ2v) is 5.80. The Morgan fingerprint density at radius 1 is 1.27 bits per heavy atom. The highest BCUT2D eigenvalue weighted by atomic mass is 16.5. The number of rotatable bonds is 6. The third-order valence-corrected chi connectivity index (χ3v) is 3.98. The summed E-state index contributed by atoms with van der Waals surface area (Å²) in [6.45, 7) is 5.61. The van der Waals surface area contributed by atoms with Gasteiger partial charge < -0.3 is 19.7 Å². The molecule has 6 heteroatoms. The van der Waals surface area contributed by atoms with Crippen LogP contribution in [0.4, 0.5) is 11.5 Å². The molecule has 0 bridgehead atoms. The average Bonchev–Trinajstić information content (AvgIpc) is 2.69. The summed E-state index contributed by atoms with van der Waals surface area (Å²) in [6.07, 6.45) is 4.91. The first-order valence-corrected chi connectivity index (χ1v) is 8.76. The number of morpholine rings is 1. The Balaban J connectivity index is 1.59. The molecule has 0 radical (unpaired) electrons. The molecule has 1 aromatic carbocycles. The number of nitrogens with one attached hydrogen (secondary N) is 1. The van der Waals surface area contributed by atoms with Crippen LogP contribution in [0, 0.1) is 0 Å². The van der Waals surface area contributed by atoms with Crippen molar-refractivity contribution in [2.24, 2.45) is 0 Å². The van der Waals surface area contributed by atoms with Crippen LogP contribution in [0.1, 0.15) is 12.5 Å². The predicted octanol–water partition coefficient (Wildman–Crippen LogP) is 2.97. The number of para-hydroxylation sites is 1. The summed E-state index contributed by atoms with van der Waals surface area (Å²) in [5.74, 6) is 1.44. The van der Waals surface area contributed by atoms with Crippen LogP contribution < -0.4 is 15.0 Å². The van der Waals surface area contributed by atoms with E-state index in [0.29, 0.717) is 25.5 Å². The highest BCUT2D eigenvalue weighted by Gasteiger charge is 2.12. The van der Waals surface area contributed by atoms with Gasteiger partial charge in [-0.1, -0.05) is 18.2 Å². The lowest BCUT2D eigenvalue weighted by Gasteiger charge is -2.27. The van der Waals surface area contributed by atoms with Crippen LogP contribution in [0.15, 0.2) is 48.7 Å². The van der Waals surface area contributed by atoms with Crippen LogP contribution in [0.5, 0.6) is 5.75 Å². The normalized spacial score (nSPS) is 14.4. The number of carbonyl (C=O) groups is 1. The number of amides is 1. The molecule has 1 aliphatic rings. The van der Waals surface area contributed by atoms with Crippen LogP contribution in [0.3, 0.4) is 0 Å². The molecular formula is C20H23N3O3.